The van der Waals surface area contributed by atoms with E-state index in [9.17, 15) is 0 Å². The van der Waals surface area contributed by atoms with Gasteiger partial charge in [0.25, 0.3) is 0 Å². The zero-order valence-electron chi connectivity index (χ0n) is 11.2. The van der Waals surface area contributed by atoms with Gasteiger partial charge in [-0.05, 0) is 45.0 Å². The van der Waals surface area contributed by atoms with Crippen molar-refractivity contribution in [3.63, 3.8) is 0 Å². The minimum Gasteiger partial charge on any atom is -0.294 e. The van der Waals surface area contributed by atoms with Crippen molar-refractivity contribution < 1.29 is 0 Å². The van der Waals surface area contributed by atoms with Crippen LogP contribution in [0.3, 0.4) is 0 Å². The summed E-state index contributed by atoms with van der Waals surface area (Å²) in [5, 5.41) is 4.34. The van der Waals surface area contributed by atoms with Gasteiger partial charge >= 0.3 is 0 Å². The van der Waals surface area contributed by atoms with Crippen molar-refractivity contribution in [2.24, 2.45) is 0 Å². The normalized spacial score (nSPS) is 18.4. The Balaban J connectivity index is 1.87. The van der Waals surface area contributed by atoms with Crippen LogP contribution in [0.5, 0.6) is 0 Å². The monoisotopic (exact) mass is 257 g/mol. The third-order valence-corrected chi connectivity index (χ3v) is 3.78. The molecular weight excluding hydrogens is 238 g/mol. The van der Waals surface area contributed by atoms with E-state index in [0.29, 0.717) is 6.04 Å². The second kappa shape index (κ2) is 5.48. The quantitative estimate of drug-likeness (QED) is 0.845. The third kappa shape index (κ3) is 2.51. The fraction of sp³-hybridized carbons (Fsp3) is 0.500. The minimum atomic E-state index is 0.294. The zero-order chi connectivity index (χ0) is 13.1. The number of aromatic nitrogens is 4. The maximum absolute atomic E-state index is 4.45. The van der Waals surface area contributed by atoms with Gasteiger partial charge in [-0.15, -0.1) is 0 Å². The van der Waals surface area contributed by atoms with Crippen molar-refractivity contribution in [2.45, 2.75) is 32.2 Å². The molecule has 3 heterocycles. The number of piperidine rings is 1. The van der Waals surface area contributed by atoms with Crippen molar-refractivity contribution in [1.29, 1.82) is 0 Å². The van der Waals surface area contributed by atoms with Gasteiger partial charge in [-0.2, -0.15) is 5.10 Å². The standard InChI is InChI=1S/C14H19N5/c1-12(18-8-3-2-4-9-18)14-16-11-17-19(14)13-6-5-7-15-10-13/h5-7,10-12H,2-4,8-9H2,1H3/t12-/m0/s1. The van der Waals surface area contributed by atoms with Gasteiger partial charge < -0.3 is 0 Å². The molecule has 19 heavy (non-hydrogen) atoms. The molecule has 1 saturated heterocycles. The minimum absolute atomic E-state index is 0.294. The molecule has 3 rings (SSSR count). The fourth-order valence-corrected chi connectivity index (χ4v) is 2.68. The summed E-state index contributed by atoms with van der Waals surface area (Å²) >= 11 is 0. The van der Waals surface area contributed by atoms with Crippen molar-refractivity contribution >= 4 is 0 Å². The van der Waals surface area contributed by atoms with Crippen LogP contribution in [0.15, 0.2) is 30.9 Å². The van der Waals surface area contributed by atoms with Crippen molar-refractivity contribution in [3.8, 4) is 5.69 Å². The average molecular weight is 257 g/mol. The van der Waals surface area contributed by atoms with Gasteiger partial charge in [0, 0.05) is 6.20 Å². The molecule has 0 radical (unpaired) electrons. The molecule has 1 aliphatic heterocycles. The predicted molar refractivity (Wildman–Crippen MR) is 73.0 cm³/mol. The smallest absolute Gasteiger partial charge is 0.149 e. The summed E-state index contributed by atoms with van der Waals surface area (Å²) in [7, 11) is 0. The topological polar surface area (TPSA) is 46.8 Å². The molecule has 0 N–H and O–H groups in total. The van der Waals surface area contributed by atoms with E-state index >= 15 is 0 Å². The van der Waals surface area contributed by atoms with Crippen molar-refractivity contribution in [2.75, 3.05) is 13.1 Å². The van der Waals surface area contributed by atoms with Crippen molar-refractivity contribution in [3.05, 3.63) is 36.7 Å². The Morgan fingerprint density at radius 1 is 1.21 bits per heavy atom. The lowest BCUT2D eigenvalue weighted by Crippen LogP contribution is -2.33. The number of rotatable bonds is 3. The van der Waals surface area contributed by atoms with Crippen LogP contribution < -0.4 is 0 Å². The molecule has 0 spiro atoms. The van der Waals surface area contributed by atoms with Gasteiger partial charge in [0.05, 0.1) is 17.9 Å². The molecule has 100 valence electrons. The van der Waals surface area contributed by atoms with Crippen LogP contribution in [0.25, 0.3) is 5.69 Å². The van der Waals surface area contributed by atoms with E-state index < -0.39 is 0 Å². The van der Waals surface area contributed by atoms with Gasteiger partial charge in [-0.1, -0.05) is 6.42 Å². The lowest BCUT2D eigenvalue weighted by molar-refractivity contribution is 0.167. The fourth-order valence-electron chi connectivity index (χ4n) is 2.68. The lowest BCUT2D eigenvalue weighted by Gasteiger charge is -2.31. The van der Waals surface area contributed by atoms with E-state index in [2.05, 4.69) is 26.9 Å². The summed E-state index contributed by atoms with van der Waals surface area (Å²) in [5.74, 6) is 0.995. The molecular formula is C14H19N5. The van der Waals surface area contributed by atoms with E-state index in [1.54, 1.807) is 12.5 Å². The first-order valence-electron chi connectivity index (χ1n) is 6.90. The van der Waals surface area contributed by atoms with Crippen LogP contribution in [-0.2, 0) is 0 Å². The molecule has 0 aromatic carbocycles. The lowest BCUT2D eigenvalue weighted by atomic mass is 10.1. The maximum atomic E-state index is 4.45. The van der Waals surface area contributed by atoms with Crippen LogP contribution >= 0.6 is 0 Å². The van der Waals surface area contributed by atoms with Crippen molar-refractivity contribution in [1.82, 2.24) is 24.6 Å². The number of hydrogen-bond donors (Lipinski definition) is 0. The van der Waals surface area contributed by atoms with Crippen LogP contribution in [-0.4, -0.2) is 37.7 Å². The molecule has 1 atom stereocenters. The molecule has 5 nitrogen and oxygen atoms in total. The zero-order valence-corrected chi connectivity index (χ0v) is 11.2. The molecule has 0 unspecified atom stereocenters. The van der Waals surface area contributed by atoms with E-state index in [1.165, 1.54) is 19.3 Å². The molecule has 1 aliphatic rings. The number of nitrogens with zero attached hydrogens (tertiary/aromatic N) is 5. The second-order valence-corrected chi connectivity index (χ2v) is 5.01. The molecule has 0 aliphatic carbocycles. The summed E-state index contributed by atoms with van der Waals surface area (Å²) in [6, 6.07) is 4.23. The Morgan fingerprint density at radius 3 is 2.79 bits per heavy atom. The Bertz CT molecular complexity index is 516. The molecule has 1 fully saturated rings. The van der Waals surface area contributed by atoms with Crippen LogP contribution in [0.4, 0.5) is 0 Å². The molecule has 5 heteroatoms. The molecule has 0 saturated carbocycles. The Kier molecular flexibility index (Phi) is 3.55. The van der Waals surface area contributed by atoms with E-state index in [0.717, 1.165) is 24.6 Å². The van der Waals surface area contributed by atoms with E-state index in [1.807, 2.05) is 23.0 Å². The summed E-state index contributed by atoms with van der Waals surface area (Å²) in [4.78, 5) is 11.1. The van der Waals surface area contributed by atoms with Gasteiger partial charge in [-0.3, -0.25) is 9.88 Å². The highest BCUT2D eigenvalue weighted by Crippen LogP contribution is 2.23. The van der Waals surface area contributed by atoms with E-state index in [4.69, 9.17) is 0 Å². The Morgan fingerprint density at radius 2 is 2.05 bits per heavy atom. The third-order valence-electron chi connectivity index (χ3n) is 3.78. The first kappa shape index (κ1) is 12.3. The molecule has 0 bridgehead atoms. The first-order chi connectivity index (χ1) is 9.36. The highest BCUT2D eigenvalue weighted by atomic mass is 15.4. The highest BCUT2D eigenvalue weighted by Gasteiger charge is 2.22. The van der Waals surface area contributed by atoms with Gasteiger partial charge in [0.1, 0.15) is 12.2 Å². The van der Waals surface area contributed by atoms with Crippen LogP contribution in [0, 0.1) is 0 Å². The second-order valence-electron chi connectivity index (χ2n) is 5.01. The average Bonchev–Trinajstić information content (AvgIpc) is 2.98. The van der Waals surface area contributed by atoms with Gasteiger partial charge in [0.2, 0.25) is 0 Å². The molecule has 2 aromatic rings. The number of pyridine rings is 1. The number of likely N-dealkylation sites (tertiary alicyclic amines) is 1. The summed E-state index contributed by atoms with van der Waals surface area (Å²) in [5.41, 5.74) is 0.971. The summed E-state index contributed by atoms with van der Waals surface area (Å²) in [6.45, 7) is 4.52. The van der Waals surface area contributed by atoms with Crippen LogP contribution in [0.2, 0.25) is 0 Å². The van der Waals surface area contributed by atoms with Gasteiger partial charge in [0.15, 0.2) is 0 Å². The molecule has 0 amide bonds. The largest absolute Gasteiger partial charge is 0.294 e. The maximum Gasteiger partial charge on any atom is 0.149 e. The SMILES string of the molecule is C[C@@H](c1ncnn1-c1cccnc1)N1CCCCC1. The first-order valence-corrected chi connectivity index (χ1v) is 6.90. The Hall–Kier alpha value is -1.75. The highest BCUT2D eigenvalue weighted by molar-refractivity contribution is 5.27. The summed E-state index contributed by atoms with van der Waals surface area (Å²) < 4.78 is 1.90. The number of hydrogen-bond acceptors (Lipinski definition) is 4. The van der Waals surface area contributed by atoms with Crippen LogP contribution in [0.1, 0.15) is 38.1 Å². The molecule has 2 aromatic heterocycles. The Labute approximate surface area is 113 Å². The summed E-state index contributed by atoms with van der Waals surface area (Å²) in [6.07, 6.45) is 9.13. The predicted octanol–water partition coefficient (Wildman–Crippen LogP) is 2.21. The van der Waals surface area contributed by atoms with Gasteiger partial charge in [-0.25, -0.2) is 9.67 Å². The van der Waals surface area contributed by atoms with E-state index in [-0.39, 0.29) is 0 Å².